The van der Waals surface area contributed by atoms with Crippen LogP contribution in [0.5, 0.6) is 0 Å². The number of nitrogens with one attached hydrogen (secondary N) is 1. The molecule has 4 heteroatoms. The predicted molar refractivity (Wildman–Crippen MR) is 82.2 cm³/mol. The Hall–Kier alpha value is -1.81. The van der Waals surface area contributed by atoms with Crippen molar-refractivity contribution in [2.45, 2.75) is 26.8 Å². The number of hydrogen-bond donors (Lipinski definition) is 1. The molecule has 1 aromatic carbocycles. The molecule has 0 saturated heterocycles. The molecule has 0 fully saturated rings. The van der Waals surface area contributed by atoms with Gasteiger partial charge in [-0.05, 0) is 31.4 Å². The van der Waals surface area contributed by atoms with E-state index in [1.807, 2.05) is 6.92 Å². The van der Waals surface area contributed by atoms with Gasteiger partial charge in [0, 0.05) is 26.5 Å². The van der Waals surface area contributed by atoms with Gasteiger partial charge in [0.15, 0.2) is 0 Å². The van der Waals surface area contributed by atoms with Crippen molar-refractivity contribution < 1.29 is 4.74 Å². The highest BCUT2D eigenvalue weighted by Crippen LogP contribution is 2.14. The summed E-state index contributed by atoms with van der Waals surface area (Å²) in [7, 11) is 1.73. The van der Waals surface area contributed by atoms with Crippen molar-refractivity contribution in [1.82, 2.24) is 9.55 Å². The van der Waals surface area contributed by atoms with Crippen LogP contribution in [0.2, 0.25) is 0 Å². The lowest BCUT2D eigenvalue weighted by Crippen LogP contribution is -2.11. The zero-order valence-electron chi connectivity index (χ0n) is 12.5. The Morgan fingerprint density at radius 3 is 2.80 bits per heavy atom. The average molecular weight is 273 g/mol. The molecule has 0 aliphatic heterocycles. The van der Waals surface area contributed by atoms with Gasteiger partial charge in [0.05, 0.1) is 12.2 Å². The maximum atomic E-state index is 5.06. The maximum absolute atomic E-state index is 5.06. The highest BCUT2D eigenvalue weighted by molar-refractivity contribution is 5.32. The Bertz CT molecular complexity index is 548. The van der Waals surface area contributed by atoms with E-state index in [1.54, 1.807) is 7.11 Å². The Labute approximate surface area is 120 Å². The van der Waals surface area contributed by atoms with Gasteiger partial charge in [0.25, 0.3) is 0 Å². The predicted octanol–water partition coefficient (Wildman–Crippen LogP) is 3.00. The molecule has 1 N–H and O–H groups in total. The molecule has 4 nitrogen and oxygen atoms in total. The SMILES string of the molecule is COCCCNc1nc(C)cn1Cc1ccccc1C. The monoisotopic (exact) mass is 273 g/mol. The normalized spacial score (nSPS) is 10.8. The number of nitrogens with zero attached hydrogens (tertiary/aromatic N) is 2. The number of methoxy groups -OCH3 is 1. The summed E-state index contributed by atoms with van der Waals surface area (Å²) in [4.78, 5) is 4.55. The van der Waals surface area contributed by atoms with Crippen molar-refractivity contribution in [3.8, 4) is 0 Å². The molecule has 0 aliphatic rings. The Balaban J connectivity index is 2.06. The number of aryl methyl sites for hydroxylation is 2. The highest BCUT2D eigenvalue weighted by Gasteiger charge is 2.06. The summed E-state index contributed by atoms with van der Waals surface area (Å²) in [6, 6.07) is 8.46. The minimum atomic E-state index is 0.768. The van der Waals surface area contributed by atoms with Gasteiger partial charge in [-0.1, -0.05) is 24.3 Å². The molecule has 0 radical (unpaired) electrons. The molecule has 2 aromatic rings. The summed E-state index contributed by atoms with van der Waals surface area (Å²) in [5.41, 5.74) is 3.67. The van der Waals surface area contributed by atoms with Crippen molar-refractivity contribution in [2.75, 3.05) is 25.6 Å². The lowest BCUT2D eigenvalue weighted by Gasteiger charge is -2.11. The minimum absolute atomic E-state index is 0.768. The summed E-state index contributed by atoms with van der Waals surface area (Å²) in [5, 5.41) is 3.38. The van der Waals surface area contributed by atoms with Gasteiger partial charge in [0.1, 0.15) is 0 Å². The van der Waals surface area contributed by atoms with Crippen molar-refractivity contribution in [1.29, 1.82) is 0 Å². The topological polar surface area (TPSA) is 39.1 Å². The van der Waals surface area contributed by atoms with Gasteiger partial charge in [-0.15, -0.1) is 0 Å². The molecule has 2 rings (SSSR count). The third-order valence-electron chi connectivity index (χ3n) is 3.31. The first-order valence-electron chi connectivity index (χ1n) is 7.02. The molecule has 0 atom stereocenters. The van der Waals surface area contributed by atoms with Gasteiger partial charge >= 0.3 is 0 Å². The lowest BCUT2D eigenvalue weighted by molar-refractivity contribution is 0.197. The van der Waals surface area contributed by atoms with E-state index >= 15 is 0 Å². The van der Waals surface area contributed by atoms with Crippen LogP contribution in [0.1, 0.15) is 23.2 Å². The van der Waals surface area contributed by atoms with Crippen LogP contribution in [0, 0.1) is 13.8 Å². The molecular formula is C16H23N3O. The molecule has 0 amide bonds. The van der Waals surface area contributed by atoms with Gasteiger partial charge in [-0.2, -0.15) is 0 Å². The second kappa shape index (κ2) is 7.10. The van der Waals surface area contributed by atoms with E-state index in [0.717, 1.165) is 37.8 Å². The smallest absolute Gasteiger partial charge is 0.203 e. The first-order chi connectivity index (χ1) is 9.70. The largest absolute Gasteiger partial charge is 0.385 e. The quantitative estimate of drug-likeness (QED) is 0.788. The van der Waals surface area contributed by atoms with E-state index in [9.17, 15) is 0 Å². The van der Waals surface area contributed by atoms with Crippen molar-refractivity contribution in [2.24, 2.45) is 0 Å². The van der Waals surface area contributed by atoms with Crippen LogP contribution in [-0.2, 0) is 11.3 Å². The molecule has 0 unspecified atom stereocenters. The third-order valence-corrected chi connectivity index (χ3v) is 3.31. The second-order valence-electron chi connectivity index (χ2n) is 5.03. The first-order valence-corrected chi connectivity index (χ1v) is 7.02. The van der Waals surface area contributed by atoms with Crippen LogP contribution >= 0.6 is 0 Å². The maximum Gasteiger partial charge on any atom is 0.203 e. The molecule has 0 aliphatic carbocycles. The lowest BCUT2D eigenvalue weighted by atomic mass is 10.1. The van der Waals surface area contributed by atoms with Crippen LogP contribution in [-0.4, -0.2) is 29.8 Å². The van der Waals surface area contributed by atoms with E-state index in [4.69, 9.17) is 4.74 Å². The number of ether oxygens (including phenoxy) is 1. The Morgan fingerprint density at radius 1 is 1.25 bits per heavy atom. The number of imidazole rings is 1. The summed E-state index contributed by atoms with van der Waals surface area (Å²) in [6.07, 6.45) is 3.07. The summed E-state index contributed by atoms with van der Waals surface area (Å²) < 4.78 is 7.23. The van der Waals surface area contributed by atoms with Crippen molar-refractivity contribution in [3.05, 3.63) is 47.3 Å². The second-order valence-corrected chi connectivity index (χ2v) is 5.03. The van der Waals surface area contributed by atoms with Crippen molar-refractivity contribution >= 4 is 5.95 Å². The number of anilines is 1. The van der Waals surface area contributed by atoms with Crippen LogP contribution in [0.15, 0.2) is 30.5 Å². The number of benzene rings is 1. The standard InChI is InChI=1S/C16H23N3O/c1-13-7-4-5-8-15(13)12-19-11-14(2)18-16(19)17-9-6-10-20-3/h4-5,7-8,11H,6,9-10,12H2,1-3H3,(H,17,18). The Morgan fingerprint density at radius 2 is 2.05 bits per heavy atom. The highest BCUT2D eigenvalue weighted by atomic mass is 16.5. The minimum Gasteiger partial charge on any atom is -0.385 e. The van der Waals surface area contributed by atoms with Crippen LogP contribution in [0.4, 0.5) is 5.95 Å². The molecule has 1 heterocycles. The molecule has 0 saturated carbocycles. The number of aromatic nitrogens is 2. The average Bonchev–Trinajstić information content (AvgIpc) is 2.78. The van der Waals surface area contributed by atoms with Gasteiger partial charge < -0.3 is 14.6 Å². The zero-order chi connectivity index (χ0) is 14.4. The summed E-state index contributed by atoms with van der Waals surface area (Å²) in [5.74, 6) is 0.932. The van der Waals surface area contributed by atoms with Gasteiger partial charge in [0.2, 0.25) is 5.95 Å². The molecular weight excluding hydrogens is 250 g/mol. The molecule has 0 spiro atoms. The fourth-order valence-corrected chi connectivity index (χ4v) is 2.20. The van der Waals surface area contributed by atoms with E-state index in [1.165, 1.54) is 11.1 Å². The molecule has 108 valence electrons. The molecule has 1 aromatic heterocycles. The van der Waals surface area contributed by atoms with E-state index < -0.39 is 0 Å². The summed E-state index contributed by atoms with van der Waals surface area (Å²) >= 11 is 0. The zero-order valence-corrected chi connectivity index (χ0v) is 12.5. The fraction of sp³-hybridized carbons (Fsp3) is 0.438. The first kappa shape index (κ1) is 14.6. The van der Waals surface area contributed by atoms with Crippen LogP contribution in [0.3, 0.4) is 0 Å². The van der Waals surface area contributed by atoms with Gasteiger partial charge in [-0.25, -0.2) is 4.98 Å². The molecule has 20 heavy (non-hydrogen) atoms. The number of rotatable bonds is 7. The summed E-state index contributed by atoms with van der Waals surface area (Å²) in [6.45, 7) is 6.65. The fourth-order valence-electron chi connectivity index (χ4n) is 2.20. The van der Waals surface area contributed by atoms with Crippen molar-refractivity contribution in [3.63, 3.8) is 0 Å². The van der Waals surface area contributed by atoms with Crippen LogP contribution < -0.4 is 5.32 Å². The Kier molecular flexibility index (Phi) is 5.18. The van der Waals surface area contributed by atoms with Gasteiger partial charge in [-0.3, -0.25) is 0 Å². The molecule has 0 bridgehead atoms. The van der Waals surface area contributed by atoms with E-state index in [-0.39, 0.29) is 0 Å². The van der Waals surface area contributed by atoms with Crippen LogP contribution in [0.25, 0.3) is 0 Å². The van der Waals surface area contributed by atoms with E-state index in [2.05, 4.69) is 52.3 Å². The third kappa shape index (κ3) is 3.84. The number of hydrogen-bond acceptors (Lipinski definition) is 3. The van der Waals surface area contributed by atoms with E-state index in [0.29, 0.717) is 0 Å².